The Morgan fingerprint density at radius 3 is 2.95 bits per heavy atom. The van der Waals surface area contributed by atoms with Gasteiger partial charge in [0.05, 0.1) is 6.04 Å². The highest BCUT2D eigenvalue weighted by Gasteiger charge is 2.13. The lowest BCUT2D eigenvalue weighted by molar-refractivity contribution is 0.267. The molecular weight excluding hydrogens is 262 g/mol. The minimum atomic E-state index is -0.118. The Bertz CT molecular complexity index is 548. The molecule has 1 atom stereocenters. The number of rotatable bonds is 5. The Morgan fingerprint density at radius 1 is 1.42 bits per heavy atom. The number of ether oxygens (including phenoxy) is 1. The van der Waals surface area contributed by atoms with Gasteiger partial charge in [0.2, 0.25) is 0 Å². The van der Waals surface area contributed by atoms with E-state index >= 15 is 0 Å². The number of nitrogens with two attached hydrogens (primary N) is 1. The minimum absolute atomic E-state index is 0.118. The molecule has 0 bridgehead atoms. The highest BCUT2D eigenvalue weighted by atomic mass is 35.5. The summed E-state index contributed by atoms with van der Waals surface area (Å²) in [5, 5.41) is 0.646. The van der Waals surface area contributed by atoms with Crippen molar-refractivity contribution in [3.8, 4) is 5.75 Å². The second-order valence-corrected chi connectivity index (χ2v) is 4.66. The van der Waals surface area contributed by atoms with Crippen LogP contribution in [0.4, 0.5) is 0 Å². The van der Waals surface area contributed by atoms with E-state index in [-0.39, 0.29) is 6.04 Å². The number of hydrogen-bond acceptors (Lipinski definition) is 4. The lowest BCUT2D eigenvalue weighted by atomic mass is 10.1. The van der Waals surface area contributed by atoms with Gasteiger partial charge in [-0.3, -0.25) is 10.8 Å². The molecule has 1 unspecified atom stereocenters. The van der Waals surface area contributed by atoms with Crippen LogP contribution in [-0.4, -0.2) is 11.6 Å². The van der Waals surface area contributed by atoms with Crippen LogP contribution in [0, 0.1) is 6.92 Å². The van der Waals surface area contributed by atoms with E-state index in [1.165, 1.54) is 0 Å². The molecule has 100 valence electrons. The molecule has 19 heavy (non-hydrogen) atoms. The Kier molecular flexibility index (Phi) is 4.74. The second-order valence-electron chi connectivity index (χ2n) is 4.22. The average molecular weight is 278 g/mol. The van der Waals surface area contributed by atoms with Gasteiger partial charge in [0.25, 0.3) is 0 Å². The molecule has 0 aliphatic rings. The first-order chi connectivity index (χ1) is 9.20. The fraction of sp³-hybridized carbons (Fsp3) is 0.214. The summed E-state index contributed by atoms with van der Waals surface area (Å²) in [5.41, 5.74) is 4.88. The third-order valence-electron chi connectivity index (χ3n) is 2.87. The zero-order valence-electron chi connectivity index (χ0n) is 10.6. The Balaban J connectivity index is 2.06. The number of benzene rings is 1. The van der Waals surface area contributed by atoms with E-state index in [2.05, 4.69) is 10.4 Å². The first-order valence-corrected chi connectivity index (χ1v) is 6.33. The minimum Gasteiger partial charge on any atom is -0.492 e. The highest BCUT2D eigenvalue weighted by Crippen LogP contribution is 2.20. The van der Waals surface area contributed by atoms with Gasteiger partial charge in [-0.1, -0.05) is 17.7 Å². The van der Waals surface area contributed by atoms with Gasteiger partial charge in [0, 0.05) is 17.4 Å². The first-order valence-electron chi connectivity index (χ1n) is 5.95. The van der Waals surface area contributed by atoms with Gasteiger partial charge in [0.15, 0.2) is 0 Å². The molecule has 2 rings (SSSR count). The molecule has 1 aromatic heterocycles. The first kappa shape index (κ1) is 13.8. The number of hydrogen-bond donors (Lipinski definition) is 2. The molecule has 5 heteroatoms. The zero-order chi connectivity index (χ0) is 13.7. The predicted molar refractivity (Wildman–Crippen MR) is 76.0 cm³/mol. The third-order valence-corrected chi connectivity index (χ3v) is 3.10. The van der Waals surface area contributed by atoms with E-state index in [9.17, 15) is 0 Å². The summed E-state index contributed by atoms with van der Waals surface area (Å²) in [6.45, 7) is 2.42. The van der Waals surface area contributed by atoms with Crippen molar-refractivity contribution in [3.05, 3.63) is 58.9 Å². The van der Waals surface area contributed by atoms with Crippen molar-refractivity contribution in [1.82, 2.24) is 10.4 Å². The van der Waals surface area contributed by atoms with E-state index in [1.54, 1.807) is 24.5 Å². The number of hydrazine groups is 1. The van der Waals surface area contributed by atoms with E-state index in [0.29, 0.717) is 17.4 Å². The number of aryl methyl sites for hydroxylation is 1. The Labute approximate surface area is 117 Å². The predicted octanol–water partition coefficient (Wildman–Crippen LogP) is 2.63. The van der Waals surface area contributed by atoms with Gasteiger partial charge in [-0.2, -0.15) is 0 Å². The maximum atomic E-state index is 5.91. The van der Waals surface area contributed by atoms with Gasteiger partial charge in [0.1, 0.15) is 12.4 Å². The van der Waals surface area contributed by atoms with E-state index < -0.39 is 0 Å². The van der Waals surface area contributed by atoms with E-state index in [4.69, 9.17) is 22.2 Å². The SMILES string of the molecule is Cc1ccncc1C(COc1cccc(Cl)c1)NN. The van der Waals surface area contributed by atoms with Gasteiger partial charge in [-0.05, 0) is 42.3 Å². The van der Waals surface area contributed by atoms with Crippen molar-refractivity contribution in [3.63, 3.8) is 0 Å². The van der Waals surface area contributed by atoms with Crippen molar-refractivity contribution in [2.75, 3.05) is 6.61 Å². The van der Waals surface area contributed by atoms with Gasteiger partial charge >= 0.3 is 0 Å². The molecule has 1 heterocycles. The molecule has 2 aromatic rings. The standard InChI is InChI=1S/C14H16ClN3O/c1-10-5-6-17-8-13(10)14(18-16)9-19-12-4-2-3-11(15)7-12/h2-8,14,18H,9,16H2,1H3. The largest absolute Gasteiger partial charge is 0.492 e. The average Bonchev–Trinajstić information content (AvgIpc) is 2.41. The summed E-state index contributed by atoms with van der Waals surface area (Å²) in [6.07, 6.45) is 3.55. The maximum absolute atomic E-state index is 5.91. The van der Waals surface area contributed by atoms with E-state index in [0.717, 1.165) is 11.1 Å². The van der Waals surface area contributed by atoms with Crippen LogP contribution in [0.1, 0.15) is 17.2 Å². The summed E-state index contributed by atoms with van der Waals surface area (Å²) in [4.78, 5) is 4.11. The van der Waals surface area contributed by atoms with Crippen LogP contribution in [0.3, 0.4) is 0 Å². The van der Waals surface area contributed by atoms with Crippen LogP contribution < -0.4 is 16.0 Å². The molecule has 0 aliphatic carbocycles. The van der Waals surface area contributed by atoms with Crippen molar-refractivity contribution in [1.29, 1.82) is 0 Å². The molecule has 0 spiro atoms. The monoisotopic (exact) mass is 277 g/mol. The van der Waals surface area contributed by atoms with Crippen LogP contribution in [0.25, 0.3) is 0 Å². The molecular formula is C14H16ClN3O. The van der Waals surface area contributed by atoms with Crippen molar-refractivity contribution in [2.24, 2.45) is 5.84 Å². The molecule has 0 amide bonds. The molecule has 3 N–H and O–H groups in total. The number of aromatic nitrogens is 1. The molecule has 0 saturated carbocycles. The zero-order valence-corrected chi connectivity index (χ0v) is 11.4. The van der Waals surface area contributed by atoms with Gasteiger partial charge in [-0.25, -0.2) is 5.43 Å². The van der Waals surface area contributed by atoms with Crippen LogP contribution in [0.15, 0.2) is 42.7 Å². The number of pyridine rings is 1. The van der Waals surface area contributed by atoms with E-state index in [1.807, 2.05) is 25.1 Å². The summed E-state index contributed by atoms with van der Waals surface area (Å²) in [6, 6.07) is 9.10. The smallest absolute Gasteiger partial charge is 0.120 e. The molecule has 0 saturated heterocycles. The lowest BCUT2D eigenvalue weighted by Crippen LogP contribution is -2.32. The van der Waals surface area contributed by atoms with Crippen molar-refractivity contribution in [2.45, 2.75) is 13.0 Å². The van der Waals surface area contributed by atoms with Crippen LogP contribution in [0.2, 0.25) is 5.02 Å². The summed E-state index contributed by atoms with van der Waals surface area (Å²) in [7, 11) is 0. The lowest BCUT2D eigenvalue weighted by Gasteiger charge is -2.18. The molecule has 0 aliphatic heterocycles. The topological polar surface area (TPSA) is 60.2 Å². The highest BCUT2D eigenvalue weighted by molar-refractivity contribution is 6.30. The third kappa shape index (κ3) is 3.67. The second kappa shape index (κ2) is 6.52. The van der Waals surface area contributed by atoms with Crippen LogP contribution in [0.5, 0.6) is 5.75 Å². The fourth-order valence-corrected chi connectivity index (χ4v) is 1.99. The molecule has 0 fully saturated rings. The summed E-state index contributed by atoms with van der Waals surface area (Å²) < 4.78 is 5.69. The fourth-order valence-electron chi connectivity index (χ4n) is 1.81. The maximum Gasteiger partial charge on any atom is 0.120 e. The number of halogens is 1. The number of nitrogens with zero attached hydrogens (tertiary/aromatic N) is 1. The van der Waals surface area contributed by atoms with Gasteiger partial charge in [-0.15, -0.1) is 0 Å². The van der Waals surface area contributed by atoms with Crippen LogP contribution >= 0.6 is 11.6 Å². The summed E-state index contributed by atoms with van der Waals surface area (Å²) in [5.74, 6) is 6.30. The number of nitrogens with one attached hydrogen (secondary N) is 1. The molecule has 0 radical (unpaired) electrons. The normalized spacial score (nSPS) is 12.2. The van der Waals surface area contributed by atoms with Gasteiger partial charge < -0.3 is 4.74 Å². The Hall–Kier alpha value is -1.62. The van der Waals surface area contributed by atoms with Crippen molar-refractivity contribution < 1.29 is 4.74 Å². The van der Waals surface area contributed by atoms with Crippen molar-refractivity contribution >= 4 is 11.6 Å². The van der Waals surface area contributed by atoms with Crippen LogP contribution in [-0.2, 0) is 0 Å². The summed E-state index contributed by atoms with van der Waals surface area (Å²) >= 11 is 5.91. The quantitative estimate of drug-likeness (QED) is 0.651. The molecule has 1 aromatic carbocycles. The molecule has 4 nitrogen and oxygen atoms in total. The Morgan fingerprint density at radius 2 is 2.26 bits per heavy atom.